The average Bonchev–Trinajstić information content (AvgIpc) is 3.29. The molecule has 2 aromatic rings. The number of likely N-dealkylation sites (tertiary alicyclic amines) is 1. The second-order valence-electron chi connectivity index (χ2n) is 8.07. The highest BCUT2D eigenvalue weighted by molar-refractivity contribution is 6.04. The van der Waals surface area contributed by atoms with Gasteiger partial charge in [0.2, 0.25) is 5.91 Å². The number of carbonyl (C=O) groups excluding carboxylic acids is 2. The van der Waals surface area contributed by atoms with Crippen molar-refractivity contribution in [3.8, 4) is 0 Å². The minimum Gasteiger partial charge on any atom is -0.332 e. The van der Waals surface area contributed by atoms with Crippen LogP contribution in [-0.4, -0.2) is 33.2 Å². The summed E-state index contributed by atoms with van der Waals surface area (Å²) in [6, 6.07) is 9.26. The first-order valence-electron chi connectivity index (χ1n) is 10.6. The number of rotatable bonds is 4. The van der Waals surface area contributed by atoms with Crippen LogP contribution in [0.1, 0.15) is 72.9 Å². The Bertz CT molecular complexity index is 878. The fraction of sp³-hybridized carbons (Fsp3) is 0.478. The van der Waals surface area contributed by atoms with Gasteiger partial charge in [-0.2, -0.15) is 0 Å². The van der Waals surface area contributed by atoms with Crippen molar-refractivity contribution in [1.29, 1.82) is 0 Å². The Morgan fingerprint density at radius 2 is 1.76 bits per heavy atom. The van der Waals surface area contributed by atoms with E-state index in [0.717, 1.165) is 57.2 Å². The van der Waals surface area contributed by atoms with Crippen LogP contribution in [0.4, 0.5) is 5.69 Å². The van der Waals surface area contributed by atoms with Crippen molar-refractivity contribution in [2.45, 2.75) is 57.9 Å². The maximum Gasteiger partial charge on any atom is 0.259 e. The van der Waals surface area contributed by atoms with Gasteiger partial charge in [-0.25, -0.2) is 9.97 Å². The highest BCUT2D eigenvalue weighted by Crippen LogP contribution is 2.34. The molecule has 1 aliphatic heterocycles. The summed E-state index contributed by atoms with van der Waals surface area (Å²) in [5, 5.41) is 2.88. The molecule has 6 heteroatoms. The average molecular weight is 393 g/mol. The topological polar surface area (TPSA) is 75.2 Å². The largest absolute Gasteiger partial charge is 0.332 e. The highest BCUT2D eigenvalue weighted by atomic mass is 16.2. The normalized spacial score (nSPS) is 19.9. The Morgan fingerprint density at radius 3 is 2.48 bits per heavy atom. The Hall–Kier alpha value is -2.76. The number of hydrogen-bond acceptors (Lipinski definition) is 4. The van der Waals surface area contributed by atoms with E-state index >= 15 is 0 Å². The predicted octanol–water partition coefficient (Wildman–Crippen LogP) is 4.28. The molecule has 1 N–H and O–H groups in total. The molecule has 4 rings (SSSR count). The summed E-state index contributed by atoms with van der Waals surface area (Å²) in [5.41, 5.74) is 1.84. The lowest BCUT2D eigenvalue weighted by atomic mass is 9.97. The Morgan fingerprint density at radius 1 is 1.03 bits per heavy atom. The summed E-state index contributed by atoms with van der Waals surface area (Å²) in [6.45, 7) is 2.61. The Kier molecular flexibility index (Phi) is 5.88. The summed E-state index contributed by atoms with van der Waals surface area (Å²) in [4.78, 5) is 36.8. The molecule has 152 valence electrons. The summed E-state index contributed by atoms with van der Waals surface area (Å²) >= 11 is 0. The molecule has 1 atom stereocenters. The summed E-state index contributed by atoms with van der Waals surface area (Å²) in [5.74, 6) is 0.861. The fourth-order valence-corrected chi connectivity index (χ4v) is 4.46. The number of aromatic nitrogens is 2. The molecule has 2 fully saturated rings. The van der Waals surface area contributed by atoms with Crippen LogP contribution in [0.5, 0.6) is 0 Å². The monoisotopic (exact) mass is 392 g/mol. The highest BCUT2D eigenvalue weighted by Gasteiger charge is 2.35. The zero-order valence-electron chi connectivity index (χ0n) is 16.9. The standard InChI is InChI=1S/C23H28N4O2/c1-16-19(22(28)26-18-11-3-2-4-12-18)15-24-21(25-16)20-13-7-8-14-27(20)23(29)17-9-5-6-10-17/h2-4,11-12,15,17,20H,5-10,13-14H2,1H3,(H,26,28)/t20-/m0/s1. The molecule has 29 heavy (non-hydrogen) atoms. The third-order valence-corrected chi connectivity index (χ3v) is 6.06. The van der Waals surface area contributed by atoms with Crippen LogP contribution in [0.15, 0.2) is 36.5 Å². The zero-order chi connectivity index (χ0) is 20.2. The molecular weight excluding hydrogens is 364 g/mol. The van der Waals surface area contributed by atoms with Crippen LogP contribution in [0.2, 0.25) is 0 Å². The lowest BCUT2D eigenvalue weighted by Gasteiger charge is -2.36. The van der Waals surface area contributed by atoms with Gasteiger partial charge >= 0.3 is 0 Å². The maximum atomic E-state index is 13.1. The van der Waals surface area contributed by atoms with Crippen molar-refractivity contribution in [3.05, 3.63) is 53.6 Å². The van der Waals surface area contributed by atoms with E-state index in [-0.39, 0.29) is 23.8 Å². The Labute approximate surface area is 171 Å². The molecule has 0 spiro atoms. The van der Waals surface area contributed by atoms with Gasteiger partial charge in [-0.15, -0.1) is 0 Å². The van der Waals surface area contributed by atoms with Crippen LogP contribution in [0.3, 0.4) is 0 Å². The van der Waals surface area contributed by atoms with Crippen LogP contribution < -0.4 is 5.32 Å². The second kappa shape index (κ2) is 8.72. The maximum absolute atomic E-state index is 13.1. The molecule has 1 aliphatic carbocycles. The molecule has 6 nitrogen and oxygen atoms in total. The molecule has 1 aromatic heterocycles. The Balaban J connectivity index is 1.52. The SMILES string of the molecule is Cc1nc([C@@H]2CCCCN2C(=O)C2CCCC2)ncc1C(=O)Nc1ccccc1. The van der Waals surface area contributed by atoms with Gasteiger partial charge in [-0.05, 0) is 51.2 Å². The lowest BCUT2D eigenvalue weighted by Crippen LogP contribution is -2.42. The molecule has 1 saturated carbocycles. The summed E-state index contributed by atoms with van der Waals surface area (Å²) in [7, 11) is 0. The van der Waals surface area contributed by atoms with Crippen molar-refractivity contribution < 1.29 is 9.59 Å². The number of carbonyl (C=O) groups is 2. The van der Waals surface area contributed by atoms with E-state index in [0.29, 0.717) is 17.1 Å². The molecule has 2 heterocycles. The number of aryl methyl sites for hydroxylation is 1. The first kappa shape index (κ1) is 19.6. The number of para-hydroxylation sites is 1. The van der Waals surface area contributed by atoms with Crippen molar-refractivity contribution in [2.24, 2.45) is 5.92 Å². The second-order valence-corrected chi connectivity index (χ2v) is 8.07. The van der Waals surface area contributed by atoms with Crippen molar-refractivity contribution in [3.63, 3.8) is 0 Å². The number of piperidine rings is 1. The molecule has 2 aliphatic rings. The zero-order valence-corrected chi connectivity index (χ0v) is 16.9. The van der Waals surface area contributed by atoms with E-state index in [4.69, 9.17) is 0 Å². The number of nitrogens with zero attached hydrogens (tertiary/aromatic N) is 3. The van der Waals surface area contributed by atoms with E-state index in [1.807, 2.05) is 42.2 Å². The van der Waals surface area contributed by atoms with Gasteiger partial charge in [-0.3, -0.25) is 9.59 Å². The minimum atomic E-state index is -0.220. The van der Waals surface area contributed by atoms with Gasteiger partial charge in [0.05, 0.1) is 17.3 Å². The van der Waals surface area contributed by atoms with Gasteiger partial charge in [0.15, 0.2) is 5.82 Å². The van der Waals surface area contributed by atoms with E-state index < -0.39 is 0 Å². The summed E-state index contributed by atoms with van der Waals surface area (Å²) < 4.78 is 0. The molecule has 2 amide bonds. The number of nitrogens with one attached hydrogen (secondary N) is 1. The lowest BCUT2D eigenvalue weighted by molar-refractivity contribution is -0.139. The minimum absolute atomic E-state index is 0.0817. The molecule has 0 radical (unpaired) electrons. The van der Waals surface area contributed by atoms with Crippen LogP contribution in [0.25, 0.3) is 0 Å². The van der Waals surface area contributed by atoms with Crippen molar-refractivity contribution in [2.75, 3.05) is 11.9 Å². The first-order chi connectivity index (χ1) is 14.1. The number of benzene rings is 1. The molecular formula is C23H28N4O2. The van der Waals surface area contributed by atoms with Crippen molar-refractivity contribution in [1.82, 2.24) is 14.9 Å². The number of amides is 2. The van der Waals surface area contributed by atoms with Crippen LogP contribution >= 0.6 is 0 Å². The third-order valence-electron chi connectivity index (χ3n) is 6.06. The molecule has 1 aromatic carbocycles. The van der Waals surface area contributed by atoms with Crippen LogP contribution in [-0.2, 0) is 4.79 Å². The quantitative estimate of drug-likeness (QED) is 0.843. The number of hydrogen-bond donors (Lipinski definition) is 1. The number of anilines is 1. The van der Waals surface area contributed by atoms with E-state index in [1.54, 1.807) is 6.20 Å². The van der Waals surface area contributed by atoms with Gasteiger partial charge < -0.3 is 10.2 Å². The smallest absolute Gasteiger partial charge is 0.259 e. The van der Waals surface area contributed by atoms with Gasteiger partial charge in [0, 0.05) is 24.3 Å². The van der Waals surface area contributed by atoms with Gasteiger partial charge in [0.25, 0.3) is 5.91 Å². The third kappa shape index (κ3) is 4.31. The van der Waals surface area contributed by atoms with Gasteiger partial charge in [0.1, 0.15) is 0 Å². The van der Waals surface area contributed by atoms with Crippen LogP contribution in [0, 0.1) is 12.8 Å². The molecule has 1 saturated heterocycles. The van der Waals surface area contributed by atoms with E-state index in [2.05, 4.69) is 15.3 Å². The first-order valence-corrected chi connectivity index (χ1v) is 10.6. The van der Waals surface area contributed by atoms with Gasteiger partial charge in [-0.1, -0.05) is 31.0 Å². The predicted molar refractivity (Wildman–Crippen MR) is 111 cm³/mol. The van der Waals surface area contributed by atoms with E-state index in [9.17, 15) is 9.59 Å². The summed E-state index contributed by atoms with van der Waals surface area (Å²) in [6.07, 6.45) is 8.88. The molecule has 0 bridgehead atoms. The fourth-order valence-electron chi connectivity index (χ4n) is 4.46. The molecule has 0 unspecified atom stereocenters. The van der Waals surface area contributed by atoms with E-state index in [1.165, 1.54) is 0 Å². The van der Waals surface area contributed by atoms with Crippen molar-refractivity contribution >= 4 is 17.5 Å².